The summed E-state index contributed by atoms with van der Waals surface area (Å²) >= 11 is 5.77. The van der Waals surface area contributed by atoms with Gasteiger partial charge in [0.2, 0.25) is 0 Å². The first-order valence-electron chi connectivity index (χ1n) is 5.63. The number of aromatic nitrogens is 2. The van der Waals surface area contributed by atoms with Gasteiger partial charge in [-0.1, -0.05) is 11.6 Å². The van der Waals surface area contributed by atoms with Gasteiger partial charge in [-0.2, -0.15) is 0 Å². The van der Waals surface area contributed by atoms with E-state index in [1.165, 1.54) is 6.07 Å². The highest BCUT2D eigenvalue weighted by molar-refractivity contribution is 6.31. The van der Waals surface area contributed by atoms with E-state index in [1.54, 1.807) is 12.1 Å². The van der Waals surface area contributed by atoms with Crippen molar-refractivity contribution in [3.05, 3.63) is 40.6 Å². The van der Waals surface area contributed by atoms with Crippen molar-refractivity contribution in [2.75, 3.05) is 6.61 Å². The van der Waals surface area contributed by atoms with Gasteiger partial charge in [0, 0.05) is 24.7 Å². The van der Waals surface area contributed by atoms with E-state index in [2.05, 4.69) is 4.98 Å². The minimum absolute atomic E-state index is 0.0495. The first-order valence-corrected chi connectivity index (χ1v) is 6.01. The van der Waals surface area contributed by atoms with Crippen LogP contribution in [0.2, 0.25) is 5.02 Å². The van der Waals surface area contributed by atoms with Crippen LogP contribution in [0.15, 0.2) is 18.2 Å². The topological polar surface area (TPSA) is 38.1 Å². The van der Waals surface area contributed by atoms with E-state index in [1.807, 2.05) is 18.5 Å². The average Bonchev–Trinajstić information content (AvgIpc) is 2.62. The Kier molecular flexibility index (Phi) is 3.68. The van der Waals surface area contributed by atoms with Gasteiger partial charge in [0.15, 0.2) is 0 Å². The van der Waals surface area contributed by atoms with Gasteiger partial charge in [-0.15, -0.1) is 0 Å². The molecular formula is C13H14ClFN2O. The molecule has 2 aromatic rings. The van der Waals surface area contributed by atoms with E-state index >= 15 is 0 Å². The van der Waals surface area contributed by atoms with Crippen molar-refractivity contribution in [3.63, 3.8) is 0 Å². The molecule has 0 aliphatic heterocycles. The zero-order valence-electron chi connectivity index (χ0n) is 10.2. The van der Waals surface area contributed by atoms with Gasteiger partial charge in [-0.25, -0.2) is 9.37 Å². The monoisotopic (exact) mass is 268 g/mol. The van der Waals surface area contributed by atoms with E-state index in [9.17, 15) is 4.39 Å². The lowest BCUT2D eigenvalue weighted by molar-refractivity contribution is 0.295. The highest BCUT2D eigenvalue weighted by Gasteiger charge is 2.13. The summed E-state index contributed by atoms with van der Waals surface area (Å²) in [6.07, 6.45) is 0.492. The number of hydrogen-bond acceptors (Lipinski definition) is 2. The van der Waals surface area contributed by atoms with Gasteiger partial charge in [0.25, 0.3) is 0 Å². The summed E-state index contributed by atoms with van der Waals surface area (Å²) in [7, 11) is 1.89. The molecule has 0 unspecified atom stereocenters. The number of aliphatic hydroxyl groups excluding tert-OH is 1. The lowest BCUT2D eigenvalue weighted by Crippen LogP contribution is -2.01. The molecule has 0 amide bonds. The third-order valence-corrected chi connectivity index (χ3v) is 3.29. The second-order valence-corrected chi connectivity index (χ2v) is 4.53. The number of halogens is 2. The fourth-order valence-corrected chi connectivity index (χ4v) is 2.06. The van der Waals surface area contributed by atoms with Crippen molar-refractivity contribution in [1.29, 1.82) is 0 Å². The molecule has 3 nitrogen and oxygen atoms in total. The average molecular weight is 269 g/mol. The Morgan fingerprint density at radius 3 is 2.78 bits per heavy atom. The van der Waals surface area contributed by atoms with Crippen molar-refractivity contribution in [2.24, 2.45) is 7.05 Å². The SMILES string of the molecule is Cc1c(-c2ccc(F)c(Cl)c2)nc(CCO)n1C. The van der Waals surface area contributed by atoms with E-state index < -0.39 is 5.82 Å². The molecule has 0 atom stereocenters. The van der Waals surface area contributed by atoms with Crippen LogP contribution in [0.4, 0.5) is 4.39 Å². The number of nitrogens with zero attached hydrogens (tertiary/aromatic N) is 2. The zero-order valence-corrected chi connectivity index (χ0v) is 11.0. The number of hydrogen-bond donors (Lipinski definition) is 1. The Labute approximate surface area is 110 Å². The van der Waals surface area contributed by atoms with Gasteiger partial charge >= 0.3 is 0 Å². The molecule has 0 aliphatic carbocycles. The second-order valence-electron chi connectivity index (χ2n) is 4.12. The fourth-order valence-electron chi connectivity index (χ4n) is 1.88. The second kappa shape index (κ2) is 5.08. The van der Waals surface area contributed by atoms with Crippen molar-refractivity contribution in [3.8, 4) is 11.3 Å². The van der Waals surface area contributed by atoms with E-state index in [4.69, 9.17) is 16.7 Å². The maximum atomic E-state index is 13.1. The maximum absolute atomic E-state index is 13.1. The van der Waals surface area contributed by atoms with Crippen LogP contribution >= 0.6 is 11.6 Å². The smallest absolute Gasteiger partial charge is 0.141 e. The van der Waals surface area contributed by atoms with Crippen molar-refractivity contribution >= 4 is 11.6 Å². The highest BCUT2D eigenvalue weighted by Crippen LogP contribution is 2.27. The van der Waals surface area contributed by atoms with Gasteiger partial charge in [0.1, 0.15) is 11.6 Å². The first kappa shape index (κ1) is 13.1. The Morgan fingerprint density at radius 2 is 2.17 bits per heavy atom. The Morgan fingerprint density at radius 1 is 1.44 bits per heavy atom. The van der Waals surface area contributed by atoms with E-state index in [-0.39, 0.29) is 11.6 Å². The van der Waals surface area contributed by atoms with Crippen LogP contribution in [0.1, 0.15) is 11.5 Å². The summed E-state index contributed by atoms with van der Waals surface area (Å²) in [5.41, 5.74) is 2.50. The Hall–Kier alpha value is -1.39. The first-order chi connectivity index (χ1) is 8.54. The van der Waals surface area contributed by atoms with Crippen LogP contribution in [-0.2, 0) is 13.5 Å². The molecule has 0 saturated carbocycles. The van der Waals surface area contributed by atoms with Gasteiger partial charge in [-0.05, 0) is 25.1 Å². The van der Waals surface area contributed by atoms with Gasteiger partial charge in [0.05, 0.1) is 17.3 Å². The van der Waals surface area contributed by atoms with Crippen molar-refractivity contribution in [2.45, 2.75) is 13.3 Å². The van der Waals surface area contributed by atoms with E-state index in [0.29, 0.717) is 6.42 Å². The molecule has 1 aromatic carbocycles. The van der Waals surface area contributed by atoms with Crippen LogP contribution < -0.4 is 0 Å². The highest BCUT2D eigenvalue weighted by atomic mass is 35.5. The molecule has 5 heteroatoms. The summed E-state index contributed by atoms with van der Waals surface area (Å²) in [4.78, 5) is 4.46. The molecule has 0 fully saturated rings. The van der Waals surface area contributed by atoms with Gasteiger partial charge < -0.3 is 9.67 Å². The predicted octanol–water partition coefficient (Wildman–Crippen LogP) is 2.72. The molecule has 18 heavy (non-hydrogen) atoms. The molecule has 0 bridgehead atoms. The third kappa shape index (κ3) is 2.26. The largest absolute Gasteiger partial charge is 0.396 e. The van der Waals surface area contributed by atoms with Crippen LogP contribution in [0.3, 0.4) is 0 Å². The van der Waals surface area contributed by atoms with Crippen molar-refractivity contribution < 1.29 is 9.50 Å². The molecule has 1 aromatic heterocycles. The van der Waals surface area contributed by atoms with Crippen LogP contribution in [0, 0.1) is 12.7 Å². The lowest BCUT2D eigenvalue weighted by Gasteiger charge is -2.02. The quantitative estimate of drug-likeness (QED) is 0.929. The molecule has 96 valence electrons. The standard InChI is InChI=1S/C13H14ClFN2O/c1-8-13(16-12(5-6-18)17(8)2)9-3-4-11(15)10(14)7-9/h3-4,7,18H,5-6H2,1-2H3. The number of imidazole rings is 1. The minimum Gasteiger partial charge on any atom is -0.396 e. The third-order valence-electron chi connectivity index (χ3n) is 3.00. The summed E-state index contributed by atoms with van der Waals surface area (Å²) in [5, 5.41) is 9.06. The number of rotatable bonds is 3. The van der Waals surface area contributed by atoms with E-state index in [0.717, 1.165) is 22.8 Å². The van der Waals surface area contributed by atoms with Crippen LogP contribution in [-0.4, -0.2) is 21.3 Å². The molecular weight excluding hydrogens is 255 g/mol. The molecule has 2 rings (SSSR count). The molecule has 1 N–H and O–H groups in total. The molecule has 0 saturated heterocycles. The summed E-state index contributed by atoms with van der Waals surface area (Å²) in [6, 6.07) is 4.55. The lowest BCUT2D eigenvalue weighted by atomic mass is 10.1. The van der Waals surface area contributed by atoms with Gasteiger partial charge in [-0.3, -0.25) is 0 Å². The summed E-state index contributed by atoms with van der Waals surface area (Å²) in [6.45, 7) is 1.98. The predicted molar refractivity (Wildman–Crippen MR) is 69.1 cm³/mol. The normalized spacial score (nSPS) is 10.9. The summed E-state index contributed by atoms with van der Waals surface area (Å²) < 4.78 is 15.0. The molecule has 1 heterocycles. The van der Waals surface area contributed by atoms with Crippen LogP contribution in [0.25, 0.3) is 11.3 Å². The Bertz CT molecular complexity index is 581. The molecule has 0 aliphatic rings. The molecule has 0 radical (unpaired) electrons. The summed E-state index contributed by atoms with van der Waals surface area (Å²) in [5.74, 6) is 0.357. The zero-order chi connectivity index (χ0) is 13.3. The number of benzene rings is 1. The molecule has 0 spiro atoms. The van der Waals surface area contributed by atoms with Crippen molar-refractivity contribution in [1.82, 2.24) is 9.55 Å². The maximum Gasteiger partial charge on any atom is 0.141 e. The number of aliphatic hydroxyl groups is 1. The Balaban J connectivity index is 2.50. The minimum atomic E-state index is -0.440. The fraction of sp³-hybridized carbons (Fsp3) is 0.308. The van der Waals surface area contributed by atoms with Crippen LogP contribution in [0.5, 0.6) is 0 Å².